The quantitative estimate of drug-likeness (QED) is 0.568. The Balaban J connectivity index is 1.96. The highest BCUT2D eigenvalue weighted by molar-refractivity contribution is 5.87. The summed E-state index contributed by atoms with van der Waals surface area (Å²) in [4.78, 5) is 11.1. The topological polar surface area (TPSA) is 95.8 Å². The van der Waals surface area contributed by atoms with Crippen molar-refractivity contribution < 1.29 is 0 Å². The minimum atomic E-state index is 0.312. The molecule has 2 aromatic rings. The normalized spacial score (nSPS) is 19.8. The Bertz CT molecular complexity index is 613. The zero-order valence-electron chi connectivity index (χ0n) is 12.1. The first-order valence-corrected chi connectivity index (χ1v) is 6.91. The molecule has 1 aliphatic rings. The van der Waals surface area contributed by atoms with E-state index >= 15 is 0 Å². The van der Waals surface area contributed by atoms with Crippen LogP contribution in [0.5, 0.6) is 0 Å². The number of fused-ring (bicyclic) bond motifs is 1. The number of anilines is 2. The van der Waals surface area contributed by atoms with Crippen molar-refractivity contribution in [1.82, 2.24) is 20.2 Å². The molecule has 1 saturated heterocycles. The van der Waals surface area contributed by atoms with Crippen LogP contribution in [0.25, 0.3) is 11.0 Å². The van der Waals surface area contributed by atoms with Crippen molar-refractivity contribution in [2.45, 2.75) is 27.2 Å². The molecule has 7 nitrogen and oxygen atoms in total. The lowest BCUT2D eigenvalue weighted by Crippen LogP contribution is -2.27. The van der Waals surface area contributed by atoms with Crippen LogP contribution in [-0.4, -0.2) is 33.3 Å². The van der Waals surface area contributed by atoms with E-state index in [1.165, 1.54) is 6.42 Å². The molecule has 0 bridgehead atoms. The number of nitrogen functional groups attached to an aromatic ring is 1. The van der Waals surface area contributed by atoms with Gasteiger partial charge in [-0.1, -0.05) is 20.8 Å². The molecule has 1 aliphatic heterocycles. The number of rotatable bonds is 2. The van der Waals surface area contributed by atoms with Gasteiger partial charge in [0.05, 0.1) is 11.6 Å². The Kier molecular flexibility index (Phi) is 3.01. The monoisotopic (exact) mass is 275 g/mol. The second-order valence-electron chi connectivity index (χ2n) is 6.45. The molecule has 0 spiro atoms. The molecular weight excluding hydrogens is 254 g/mol. The fourth-order valence-corrected chi connectivity index (χ4v) is 2.78. The molecule has 20 heavy (non-hydrogen) atoms. The summed E-state index contributed by atoms with van der Waals surface area (Å²) in [7, 11) is 0. The molecule has 0 saturated carbocycles. The van der Waals surface area contributed by atoms with E-state index in [1.807, 2.05) is 0 Å². The summed E-state index contributed by atoms with van der Waals surface area (Å²) >= 11 is 0. The highest BCUT2D eigenvalue weighted by atomic mass is 15.3. The highest BCUT2D eigenvalue weighted by Gasteiger charge is 2.33. The summed E-state index contributed by atoms with van der Waals surface area (Å²) in [6.07, 6.45) is 2.95. The molecule has 3 heterocycles. The lowest BCUT2D eigenvalue weighted by molar-refractivity contribution is 0.263. The van der Waals surface area contributed by atoms with E-state index in [2.05, 4.69) is 51.3 Å². The third-order valence-electron chi connectivity index (χ3n) is 4.13. The molecule has 3 rings (SSSR count). The van der Waals surface area contributed by atoms with Gasteiger partial charge in [0.15, 0.2) is 5.65 Å². The second kappa shape index (κ2) is 4.59. The van der Waals surface area contributed by atoms with Crippen LogP contribution in [0.4, 0.5) is 11.8 Å². The van der Waals surface area contributed by atoms with Crippen molar-refractivity contribution in [3.63, 3.8) is 0 Å². The Morgan fingerprint density at radius 3 is 2.85 bits per heavy atom. The van der Waals surface area contributed by atoms with Crippen molar-refractivity contribution in [3.8, 4) is 0 Å². The van der Waals surface area contributed by atoms with E-state index in [1.54, 1.807) is 6.20 Å². The molecule has 7 heteroatoms. The van der Waals surface area contributed by atoms with Crippen LogP contribution in [0.1, 0.15) is 27.2 Å². The molecule has 2 aromatic heterocycles. The van der Waals surface area contributed by atoms with E-state index in [0.29, 0.717) is 22.9 Å². The third-order valence-corrected chi connectivity index (χ3v) is 4.13. The maximum absolute atomic E-state index is 5.45. The van der Waals surface area contributed by atoms with E-state index in [0.717, 1.165) is 24.3 Å². The maximum Gasteiger partial charge on any atom is 0.241 e. The average Bonchev–Trinajstić information content (AvgIpc) is 3.05. The zero-order chi connectivity index (χ0) is 14.3. The summed E-state index contributed by atoms with van der Waals surface area (Å²) in [6.45, 7) is 8.89. The minimum Gasteiger partial charge on any atom is -0.356 e. The van der Waals surface area contributed by atoms with Crippen LogP contribution in [0, 0.1) is 11.3 Å². The van der Waals surface area contributed by atoms with Crippen LogP contribution in [0.15, 0.2) is 6.20 Å². The van der Waals surface area contributed by atoms with Gasteiger partial charge in [-0.05, 0) is 17.8 Å². The third kappa shape index (κ3) is 2.18. The molecule has 108 valence electrons. The number of nitrogens with one attached hydrogen (secondary N) is 2. The molecule has 0 radical (unpaired) electrons. The van der Waals surface area contributed by atoms with Crippen molar-refractivity contribution in [2.75, 3.05) is 23.4 Å². The minimum absolute atomic E-state index is 0.312. The summed E-state index contributed by atoms with van der Waals surface area (Å²) < 4.78 is 0. The predicted octanol–water partition coefficient (Wildman–Crippen LogP) is 1.51. The van der Waals surface area contributed by atoms with Crippen LogP contribution < -0.4 is 16.2 Å². The molecule has 0 aliphatic carbocycles. The molecular formula is C13H21N7. The fourth-order valence-electron chi connectivity index (χ4n) is 2.78. The van der Waals surface area contributed by atoms with Crippen molar-refractivity contribution in [1.29, 1.82) is 0 Å². The summed E-state index contributed by atoms with van der Waals surface area (Å²) in [6, 6.07) is 0. The Morgan fingerprint density at radius 2 is 2.20 bits per heavy atom. The lowest BCUT2D eigenvalue weighted by Gasteiger charge is -2.27. The highest BCUT2D eigenvalue weighted by Crippen LogP contribution is 2.36. The van der Waals surface area contributed by atoms with Gasteiger partial charge in [-0.15, -0.1) is 0 Å². The first-order chi connectivity index (χ1) is 9.49. The van der Waals surface area contributed by atoms with E-state index < -0.39 is 0 Å². The Morgan fingerprint density at radius 1 is 1.40 bits per heavy atom. The van der Waals surface area contributed by atoms with Gasteiger partial charge in [0.25, 0.3) is 0 Å². The van der Waals surface area contributed by atoms with Crippen LogP contribution in [0.3, 0.4) is 0 Å². The molecule has 1 atom stereocenters. The number of aromatic nitrogens is 4. The maximum atomic E-state index is 5.45. The van der Waals surface area contributed by atoms with Gasteiger partial charge in [0.1, 0.15) is 5.82 Å². The predicted molar refractivity (Wildman–Crippen MR) is 79.3 cm³/mol. The number of hydrogen-bond donors (Lipinski definition) is 3. The van der Waals surface area contributed by atoms with Crippen LogP contribution >= 0.6 is 0 Å². The first kappa shape index (κ1) is 13.1. The Labute approximate surface area is 117 Å². The van der Waals surface area contributed by atoms with Gasteiger partial charge >= 0.3 is 0 Å². The average molecular weight is 275 g/mol. The molecule has 1 unspecified atom stereocenters. The number of hydrazine groups is 1. The van der Waals surface area contributed by atoms with Gasteiger partial charge in [-0.25, -0.2) is 5.84 Å². The summed E-state index contributed by atoms with van der Waals surface area (Å²) in [5.74, 6) is 7.43. The molecule has 1 fully saturated rings. The second-order valence-corrected chi connectivity index (χ2v) is 6.45. The fraction of sp³-hybridized carbons (Fsp3) is 0.615. The molecule has 0 amide bonds. The number of hydrogen-bond acceptors (Lipinski definition) is 6. The van der Waals surface area contributed by atoms with E-state index in [4.69, 9.17) is 5.84 Å². The van der Waals surface area contributed by atoms with Gasteiger partial charge in [-0.3, -0.25) is 10.5 Å². The summed E-state index contributed by atoms with van der Waals surface area (Å²) in [5.41, 5.74) is 3.54. The number of nitrogens with zero attached hydrogens (tertiary/aromatic N) is 4. The Hall–Kier alpha value is -1.89. The molecule has 4 N–H and O–H groups in total. The van der Waals surface area contributed by atoms with Gasteiger partial charge in [0.2, 0.25) is 5.95 Å². The molecule has 0 aromatic carbocycles. The SMILES string of the molecule is CC(C)(C)C1CCN(c2nc(NN)nc3[nH]ncc23)C1. The van der Waals surface area contributed by atoms with E-state index in [-0.39, 0.29) is 0 Å². The van der Waals surface area contributed by atoms with Crippen molar-refractivity contribution >= 4 is 22.8 Å². The van der Waals surface area contributed by atoms with Gasteiger partial charge < -0.3 is 4.90 Å². The lowest BCUT2D eigenvalue weighted by atomic mass is 9.80. The number of aromatic amines is 1. The van der Waals surface area contributed by atoms with E-state index in [9.17, 15) is 0 Å². The van der Waals surface area contributed by atoms with Crippen LogP contribution in [-0.2, 0) is 0 Å². The van der Waals surface area contributed by atoms with Crippen LogP contribution in [0.2, 0.25) is 0 Å². The first-order valence-electron chi connectivity index (χ1n) is 6.91. The smallest absolute Gasteiger partial charge is 0.241 e. The van der Waals surface area contributed by atoms with Crippen molar-refractivity contribution in [2.24, 2.45) is 17.2 Å². The largest absolute Gasteiger partial charge is 0.356 e. The zero-order valence-corrected chi connectivity index (χ0v) is 12.1. The summed E-state index contributed by atoms with van der Waals surface area (Å²) in [5, 5.41) is 7.87. The standard InChI is InChI=1S/C13H21N7/c1-13(2,3)8-4-5-20(7-8)11-9-6-15-19-10(9)16-12(17-11)18-14/h6,8H,4-5,7,14H2,1-3H3,(H2,15,16,17,18,19). The van der Waals surface area contributed by atoms with Gasteiger partial charge in [0, 0.05) is 13.1 Å². The number of H-pyrrole nitrogens is 1. The van der Waals surface area contributed by atoms with Gasteiger partial charge in [-0.2, -0.15) is 15.1 Å². The van der Waals surface area contributed by atoms with Crippen molar-refractivity contribution in [3.05, 3.63) is 6.20 Å². The number of nitrogens with two attached hydrogens (primary N) is 1.